The summed E-state index contributed by atoms with van der Waals surface area (Å²) >= 11 is 0. The van der Waals surface area contributed by atoms with Crippen molar-refractivity contribution in [2.45, 2.75) is 39.5 Å². The fourth-order valence-electron chi connectivity index (χ4n) is 2.94. The first-order valence-corrected chi connectivity index (χ1v) is 7.24. The number of carboxylic acid groups (broad SMARTS) is 1. The molecule has 0 bridgehead atoms. The fourth-order valence-corrected chi connectivity index (χ4v) is 2.94. The number of carbonyl (C=O) groups excluding carboxylic acids is 1. The summed E-state index contributed by atoms with van der Waals surface area (Å²) in [5.41, 5.74) is 1.88. The van der Waals surface area contributed by atoms with Crippen molar-refractivity contribution >= 4 is 17.6 Å². The van der Waals surface area contributed by atoms with Crippen molar-refractivity contribution in [3.63, 3.8) is 0 Å². The summed E-state index contributed by atoms with van der Waals surface area (Å²) in [4.78, 5) is 23.6. The van der Waals surface area contributed by atoms with Gasteiger partial charge in [0.1, 0.15) is 5.75 Å². The Bertz CT molecular complexity index is 568. The van der Waals surface area contributed by atoms with Crippen molar-refractivity contribution in [1.29, 1.82) is 0 Å². The number of aliphatic carboxylic acids is 1. The minimum absolute atomic E-state index is 0.159. The molecule has 1 aromatic rings. The van der Waals surface area contributed by atoms with Crippen molar-refractivity contribution in [3.05, 3.63) is 23.3 Å². The third kappa shape index (κ3) is 3.17. The normalized spacial score (nSPS) is 21.8. The molecule has 2 atom stereocenters. The number of hydrogen-bond acceptors (Lipinski definition) is 3. The largest absolute Gasteiger partial charge is 0.507 e. The molecule has 0 spiro atoms. The number of phenolic OH excluding ortho intramolecular Hbond substituents is 1. The number of nitrogens with one attached hydrogen (secondary N) is 1. The number of benzene rings is 1. The highest BCUT2D eigenvalue weighted by Gasteiger charge is 2.35. The van der Waals surface area contributed by atoms with Crippen molar-refractivity contribution in [3.8, 4) is 5.75 Å². The zero-order valence-corrected chi connectivity index (χ0v) is 12.3. The number of hydrogen-bond donors (Lipinski definition) is 3. The van der Waals surface area contributed by atoms with Gasteiger partial charge >= 0.3 is 5.97 Å². The summed E-state index contributed by atoms with van der Waals surface area (Å²) in [6.07, 6.45) is 2.87. The maximum absolute atomic E-state index is 12.4. The quantitative estimate of drug-likeness (QED) is 0.799. The smallest absolute Gasteiger partial charge is 0.307 e. The van der Waals surface area contributed by atoms with Crippen molar-refractivity contribution in [2.24, 2.45) is 11.8 Å². The van der Waals surface area contributed by atoms with E-state index in [-0.39, 0.29) is 11.7 Å². The van der Waals surface area contributed by atoms with Crippen LogP contribution in [0.25, 0.3) is 0 Å². The lowest BCUT2D eigenvalue weighted by atomic mass is 9.78. The second kappa shape index (κ2) is 6.16. The molecule has 1 aromatic carbocycles. The minimum atomic E-state index is -0.904. The molecule has 5 heteroatoms. The summed E-state index contributed by atoms with van der Waals surface area (Å²) in [7, 11) is 0. The number of phenols is 1. The minimum Gasteiger partial charge on any atom is -0.507 e. The maximum Gasteiger partial charge on any atom is 0.307 e. The lowest BCUT2D eigenvalue weighted by Crippen LogP contribution is -2.36. The highest BCUT2D eigenvalue weighted by Crippen LogP contribution is 2.33. The van der Waals surface area contributed by atoms with E-state index in [1.54, 1.807) is 26.0 Å². The van der Waals surface area contributed by atoms with Crippen LogP contribution in [0.4, 0.5) is 5.69 Å². The third-order valence-electron chi connectivity index (χ3n) is 4.31. The van der Waals surface area contributed by atoms with E-state index >= 15 is 0 Å². The van der Waals surface area contributed by atoms with Crippen LogP contribution in [0.3, 0.4) is 0 Å². The highest BCUT2D eigenvalue weighted by atomic mass is 16.4. The molecule has 1 saturated carbocycles. The Kier molecular flexibility index (Phi) is 4.50. The third-order valence-corrected chi connectivity index (χ3v) is 4.31. The molecule has 5 nitrogen and oxygen atoms in total. The predicted octanol–water partition coefficient (Wildman–Crippen LogP) is 2.84. The first-order valence-electron chi connectivity index (χ1n) is 7.24. The lowest BCUT2D eigenvalue weighted by Gasteiger charge is -2.27. The van der Waals surface area contributed by atoms with Crippen LogP contribution >= 0.6 is 0 Å². The standard InChI is InChI=1S/C16H21NO4/c1-9-7-8-13(10(2)14(9)18)17-15(19)11-5-3-4-6-12(11)16(20)21/h7-8,11-12,18H,3-6H2,1-2H3,(H,17,19)(H,20,21)/t11-,12+/m1/s1. The zero-order chi connectivity index (χ0) is 15.6. The van der Waals surface area contributed by atoms with E-state index in [1.807, 2.05) is 0 Å². The molecule has 0 aliphatic heterocycles. The summed E-state index contributed by atoms with van der Waals surface area (Å²) in [5.74, 6) is -2.13. The van der Waals surface area contributed by atoms with Crippen LogP contribution in [0, 0.1) is 25.7 Å². The average Bonchev–Trinajstić information content (AvgIpc) is 2.47. The molecule has 114 valence electrons. The lowest BCUT2D eigenvalue weighted by molar-refractivity contribution is -0.147. The van der Waals surface area contributed by atoms with E-state index < -0.39 is 17.8 Å². The molecule has 3 N–H and O–H groups in total. The SMILES string of the molecule is Cc1ccc(NC(=O)[C@@H]2CCCC[C@@H]2C(=O)O)c(C)c1O. The van der Waals surface area contributed by atoms with Gasteiger partial charge in [0.2, 0.25) is 5.91 Å². The molecule has 21 heavy (non-hydrogen) atoms. The van der Waals surface area contributed by atoms with E-state index in [2.05, 4.69) is 5.32 Å². The van der Waals surface area contributed by atoms with Crippen LogP contribution in [0.5, 0.6) is 5.75 Å². The monoisotopic (exact) mass is 291 g/mol. The van der Waals surface area contributed by atoms with Gasteiger partial charge in [-0.05, 0) is 38.3 Å². The van der Waals surface area contributed by atoms with Gasteiger partial charge in [-0.2, -0.15) is 0 Å². The molecule has 1 aliphatic carbocycles. The van der Waals surface area contributed by atoms with Gasteiger partial charge in [0.05, 0.1) is 11.8 Å². The van der Waals surface area contributed by atoms with Gasteiger partial charge in [-0.1, -0.05) is 18.9 Å². The van der Waals surface area contributed by atoms with Gasteiger partial charge in [-0.15, -0.1) is 0 Å². The Morgan fingerprint density at radius 2 is 1.76 bits per heavy atom. The average molecular weight is 291 g/mol. The van der Waals surface area contributed by atoms with Crippen molar-refractivity contribution < 1.29 is 19.8 Å². The van der Waals surface area contributed by atoms with Gasteiger partial charge in [-0.25, -0.2) is 0 Å². The molecule has 0 unspecified atom stereocenters. The molecule has 0 heterocycles. The van der Waals surface area contributed by atoms with Crippen LogP contribution in [0.2, 0.25) is 0 Å². The first kappa shape index (κ1) is 15.4. The molecule has 0 saturated heterocycles. The second-order valence-electron chi connectivity index (χ2n) is 5.73. The van der Waals surface area contributed by atoms with Gasteiger partial charge in [0.25, 0.3) is 0 Å². The van der Waals surface area contributed by atoms with Crippen LogP contribution in [-0.2, 0) is 9.59 Å². The number of rotatable bonds is 3. The first-order chi connectivity index (χ1) is 9.91. The molecular weight excluding hydrogens is 270 g/mol. The summed E-state index contributed by atoms with van der Waals surface area (Å²) in [6, 6.07) is 3.47. The molecular formula is C16H21NO4. The number of carbonyl (C=O) groups is 2. The number of aryl methyl sites for hydroxylation is 1. The maximum atomic E-state index is 12.4. The topological polar surface area (TPSA) is 86.6 Å². The van der Waals surface area contributed by atoms with Gasteiger partial charge < -0.3 is 15.5 Å². The molecule has 0 radical (unpaired) electrons. The number of amides is 1. The van der Waals surface area contributed by atoms with E-state index in [0.717, 1.165) is 18.4 Å². The van der Waals surface area contributed by atoms with E-state index in [4.69, 9.17) is 0 Å². The molecule has 0 aromatic heterocycles. The second-order valence-corrected chi connectivity index (χ2v) is 5.73. The van der Waals surface area contributed by atoms with Crippen molar-refractivity contribution in [1.82, 2.24) is 0 Å². The number of anilines is 1. The van der Waals surface area contributed by atoms with Crippen molar-refractivity contribution in [2.75, 3.05) is 5.32 Å². The highest BCUT2D eigenvalue weighted by molar-refractivity contribution is 5.96. The summed E-state index contributed by atoms with van der Waals surface area (Å²) in [5, 5.41) is 21.9. The van der Waals surface area contributed by atoms with Crippen LogP contribution < -0.4 is 5.32 Å². The Hall–Kier alpha value is -2.04. The summed E-state index contributed by atoms with van der Waals surface area (Å²) in [6.45, 7) is 3.52. The van der Waals surface area contributed by atoms with E-state index in [1.165, 1.54) is 0 Å². The molecule has 2 rings (SSSR count). The Labute approximate surface area is 124 Å². The number of aromatic hydroxyl groups is 1. The number of carboxylic acids is 1. The van der Waals surface area contributed by atoms with Crippen LogP contribution in [0.1, 0.15) is 36.8 Å². The fraction of sp³-hybridized carbons (Fsp3) is 0.500. The van der Waals surface area contributed by atoms with E-state index in [9.17, 15) is 19.8 Å². The Balaban J connectivity index is 2.17. The van der Waals surface area contributed by atoms with E-state index in [0.29, 0.717) is 24.1 Å². The molecule has 1 amide bonds. The predicted molar refractivity (Wildman–Crippen MR) is 79.3 cm³/mol. The summed E-state index contributed by atoms with van der Waals surface area (Å²) < 4.78 is 0. The Morgan fingerprint density at radius 3 is 2.38 bits per heavy atom. The van der Waals surface area contributed by atoms with Gasteiger partial charge in [-0.3, -0.25) is 9.59 Å². The van der Waals surface area contributed by atoms with Crippen LogP contribution in [-0.4, -0.2) is 22.1 Å². The van der Waals surface area contributed by atoms with Gasteiger partial charge in [0.15, 0.2) is 0 Å². The van der Waals surface area contributed by atoms with Gasteiger partial charge in [0, 0.05) is 11.3 Å². The zero-order valence-electron chi connectivity index (χ0n) is 12.3. The van der Waals surface area contributed by atoms with Crippen LogP contribution in [0.15, 0.2) is 12.1 Å². The Morgan fingerprint density at radius 1 is 1.14 bits per heavy atom. The molecule has 1 fully saturated rings. The molecule has 1 aliphatic rings.